The van der Waals surface area contributed by atoms with Gasteiger partial charge in [0.2, 0.25) is 17.6 Å². The smallest absolute Gasteiger partial charge is 0.327 e. The van der Waals surface area contributed by atoms with Gasteiger partial charge in [0.25, 0.3) is 0 Å². The molecule has 3 aromatic rings. The molecular weight excluding hydrogens is 831 g/mol. The molecular formula is C51H59N3O11. The van der Waals surface area contributed by atoms with Crippen LogP contribution in [-0.2, 0) is 60.0 Å². The maximum atomic E-state index is 15.8. The second-order valence-corrected chi connectivity index (χ2v) is 19.8. The molecule has 14 nitrogen and oxygen atoms in total. The van der Waals surface area contributed by atoms with E-state index in [4.69, 9.17) is 28.5 Å². The number of carbonyl (C=O) groups is 4. The van der Waals surface area contributed by atoms with Crippen molar-refractivity contribution in [3.8, 4) is 0 Å². The number of carbonyl (C=O) groups excluding carboxylic acids is 4. The van der Waals surface area contributed by atoms with E-state index in [-0.39, 0.29) is 32.4 Å². The predicted molar refractivity (Wildman–Crippen MR) is 235 cm³/mol. The van der Waals surface area contributed by atoms with Gasteiger partial charge in [0.05, 0.1) is 31.4 Å². The summed E-state index contributed by atoms with van der Waals surface area (Å²) >= 11 is 0. The molecule has 3 unspecified atom stereocenters. The van der Waals surface area contributed by atoms with Gasteiger partial charge in [-0.25, -0.2) is 0 Å². The van der Waals surface area contributed by atoms with Crippen LogP contribution in [0, 0.1) is 11.3 Å². The number of allylic oxidation sites excluding steroid dienone is 1. The van der Waals surface area contributed by atoms with Crippen LogP contribution in [0.25, 0.3) is 6.08 Å². The lowest BCUT2D eigenvalue weighted by Crippen LogP contribution is -2.70. The SMILES string of the molecule is CC(C)(C)OC(=O)CC[C@@H](CO)NC(=O)[C@H]1CCCN1C(=O)[C@@]12C[C@H]3OC(=O)[C@@H]1N(Cc1ccccc1C=CC1CCC4OC4C1)O[C@@H]2[C@H]1OC(c2ccccc2)(c2ccccc2)O[C@H]13. The van der Waals surface area contributed by atoms with E-state index in [1.807, 2.05) is 84.9 Å². The number of likely N-dealkylation sites (tertiary alicyclic amines) is 1. The molecule has 5 heterocycles. The van der Waals surface area contributed by atoms with Crippen LogP contribution in [0.15, 0.2) is 91.0 Å². The number of aliphatic hydroxyl groups is 1. The summed E-state index contributed by atoms with van der Waals surface area (Å²) in [4.78, 5) is 65.9. The van der Waals surface area contributed by atoms with Gasteiger partial charge in [0.15, 0.2) is 6.04 Å². The number of rotatable bonds is 13. The fourth-order valence-corrected chi connectivity index (χ4v) is 11.3. The molecule has 14 heteroatoms. The van der Waals surface area contributed by atoms with Crippen molar-refractivity contribution in [1.29, 1.82) is 0 Å². The lowest BCUT2D eigenvalue weighted by molar-refractivity contribution is -0.214. The Morgan fingerprint density at radius 1 is 0.908 bits per heavy atom. The Bertz CT molecular complexity index is 2260. The molecule has 344 valence electrons. The highest BCUT2D eigenvalue weighted by Crippen LogP contribution is 2.60. The molecule has 2 aliphatic carbocycles. The van der Waals surface area contributed by atoms with Gasteiger partial charge in [0, 0.05) is 30.5 Å². The van der Waals surface area contributed by atoms with E-state index in [9.17, 15) is 19.5 Å². The number of fused-ring (bicyclic) bond motifs is 5. The second kappa shape index (κ2) is 17.4. The van der Waals surface area contributed by atoms with Crippen molar-refractivity contribution >= 4 is 29.8 Å². The molecule has 5 aliphatic heterocycles. The highest BCUT2D eigenvalue weighted by atomic mass is 16.8. The summed E-state index contributed by atoms with van der Waals surface area (Å²) in [5, 5.41) is 14.8. The molecule has 0 aromatic heterocycles. The zero-order valence-electron chi connectivity index (χ0n) is 37.2. The van der Waals surface area contributed by atoms with E-state index < -0.39 is 89.7 Å². The lowest BCUT2D eigenvalue weighted by atomic mass is 9.62. The summed E-state index contributed by atoms with van der Waals surface area (Å²) in [6, 6.07) is 24.4. The maximum Gasteiger partial charge on any atom is 0.327 e. The first-order chi connectivity index (χ1) is 31.4. The number of amides is 2. The molecule has 2 amide bonds. The van der Waals surface area contributed by atoms with E-state index in [2.05, 4.69) is 17.5 Å². The highest BCUT2D eigenvalue weighted by Gasteiger charge is 2.77. The first kappa shape index (κ1) is 43.9. The zero-order valence-corrected chi connectivity index (χ0v) is 37.2. The standard InChI is InChI=1S/C51H59N3O11/c1-49(2,3)62-41(56)25-23-36(30-55)52-46(57)37-19-12-26-53(37)48(59)50-28-40-42-43(64-51(63-42,34-15-6-4-7-16-34)35-17-8-5-9-18-35)45(50)65-54(44(50)47(58)61-40)29-33-14-11-10-13-32(33)22-20-31-21-24-38-39(27-31)60-38/h4-11,13-18,20,22,31,36-40,42-45,55H,12,19,21,23-30H2,1-3H3,(H,52,57)/t31?,36-,37+,38?,39?,40+,42-,43-,44-,45+,50-/m0/s1. The second-order valence-electron chi connectivity index (χ2n) is 19.8. The molecule has 10 rings (SSSR count). The van der Waals surface area contributed by atoms with Gasteiger partial charge in [-0.3, -0.25) is 24.0 Å². The van der Waals surface area contributed by atoms with E-state index in [1.165, 1.54) is 0 Å². The number of aliphatic hydroxyl groups excluding tert-OH is 1. The van der Waals surface area contributed by atoms with E-state index in [1.54, 1.807) is 30.7 Å². The van der Waals surface area contributed by atoms with Crippen molar-refractivity contribution in [2.24, 2.45) is 11.3 Å². The molecule has 0 radical (unpaired) electrons. The third-order valence-electron chi connectivity index (χ3n) is 14.3. The largest absolute Gasteiger partial charge is 0.460 e. The highest BCUT2D eigenvalue weighted by molar-refractivity contribution is 5.96. The quantitative estimate of drug-likeness (QED) is 0.168. The third kappa shape index (κ3) is 8.20. The molecule has 2 bridgehead atoms. The van der Waals surface area contributed by atoms with Crippen molar-refractivity contribution in [2.75, 3.05) is 13.2 Å². The average molecular weight is 890 g/mol. The Labute approximate surface area is 379 Å². The Balaban J connectivity index is 0.983. The number of hydrogen-bond acceptors (Lipinski definition) is 12. The molecule has 2 N–H and O–H groups in total. The topological polar surface area (TPSA) is 166 Å². The molecule has 7 fully saturated rings. The van der Waals surface area contributed by atoms with Crippen molar-refractivity contribution < 1.29 is 52.8 Å². The van der Waals surface area contributed by atoms with Crippen LogP contribution in [0.3, 0.4) is 0 Å². The average Bonchev–Trinajstić information content (AvgIpc) is 3.57. The molecule has 7 aliphatic rings. The van der Waals surface area contributed by atoms with Crippen molar-refractivity contribution in [3.05, 3.63) is 113 Å². The number of hydroxylamine groups is 2. The maximum absolute atomic E-state index is 15.8. The van der Waals surface area contributed by atoms with Crippen molar-refractivity contribution in [1.82, 2.24) is 15.3 Å². The fourth-order valence-electron chi connectivity index (χ4n) is 11.3. The lowest BCUT2D eigenvalue weighted by Gasteiger charge is -2.50. The van der Waals surface area contributed by atoms with Crippen LogP contribution >= 0.6 is 0 Å². The Morgan fingerprint density at radius 2 is 1.62 bits per heavy atom. The van der Waals surface area contributed by atoms with E-state index in [0.29, 0.717) is 31.0 Å². The number of hydrogen-bond donors (Lipinski definition) is 2. The van der Waals surface area contributed by atoms with Crippen LogP contribution in [-0.4, -0.2) is 112 Å². The minimum atomic E-state index is -1.53. The predicted octanol–water partition coefficient (Wildman–Crippen LogP) is 5.34. The summed E-state index contributed by atoms with van der Waals surface area (Å²) in [6.45, 7) is 5.36. The molecule has 3 aromatic carbocycles. The minimum absolute atomic E-state index is 0.00728. The molecule has 5 saturated heterocycles. The van der Waals surface area contributed by atoms with Crippen LogP contribution in [0.4, 0.5) is 0 Å². The summed E-state index contributed by atoms with van der Waals surface area (Å²) < 4.78 is 31.9. The Morgan fingerprint density at radius 3 is 2.32 bits per heavy atom. The number of esters is 2. The number of nitrogens with one attached hydrogen (secondary N) is 1. The van der Waals surface area contributed by atoms with Gasteiger partial charge in [-0.2, -0.15) is 5.06 Å². The van der Waals surface area contributed by atoms with Gasteiger partial charge in [-0.15, -0.1) is 0 Å². The van der Waals surface area contributed by atoms with Crippen LogP contribution in [0.5, 0.6) is 0 Å². The minimum Gasteiger partial charge on any atom is -0.460 e. The monoisotopic (exact) mass is 889 g/mol. The molecule has 0 spiro atoms. The van der Waals surface area contributed by atoms with E-state index >= 15 is 4.79 Å². The normalized spacial score (nSPS) is 32.6. The molecule has 65 heavy (non-hydrogen) atoms. The van der Waals surface area contributed by atoms with Gasteiger partial charge in [0.1, 0.15) is 41.5 Å². The number of benzene rings is 3. The fraction of sp³-hybridized carbons (Fsp3) is 0.529. The first-order valence-corrected chi connectivity index (χ1v) is 23.3. The van der Waals surface area contributed by atoms with Crippen LogP contribution in [0.2, 0.25) is 0 Å². The number of ether oxygens (including phenoxy) is 5. The number of epoxide rings is 1. The van der Waals surface area contributed by atoms with Gasteiger partial charge in [-0.1, -0.05) is 97.1 Å². The zero-order chi connectivity index (χ0) is 45.1. The Hall–Kier alpha value is -4.96. The van der Waals surface area contributed by atoms with Crippen molar-refractivity contribution in [2.45, 2.75) is 145 Å². The van der Waals surface area contributed by atoms with Gasteiger partial charge < -0.3 is 39.0 Å². The van der Waals surface area contributed by atoms with Gasteiger partial charge in [-0.05, 0) is 76.3 Å². The number of nitrogens with zero attached hydrogens (tertiary/aromatic N) is 2. The summed E-state index contributed by atoms with van der Waals surface area (Å²) in [5.74, 6) is -2.90. The third-order valence-corrected chi connectivity index (χ3v) is 14.3. The van der Waals surface area contributed by atoms with Crippen LogP contribution in [0.1, 0.15) is 94.4 Å². The first-order valence-electron chi connectivity index (χ1n) is 23.3. The summed E-state index contributed by atoms with van der Waals surface area (Å²) in [7, 11) is 0. The molecule has 2 saturated carbocycles. The van der Waals surface area contributed by atoms with Crippen LogP contribution < -0.4 is 5.32 Å². The Kier molecular flexibility index (Phi) is 11.7. The van der Waals surface area contributed by atoms with Crippen molar-refractivity contribution in [3.63, 3.8) is 0 Å². The summed E-state index contributed by atoms with van der Waals surface area (Å²) in [6.07, 6.45) is 5.85. The molecule has 11 atom stereocenters. The van der Waals surface area contributed by atoms with E-state index in [0.717, 1.165) is 41.5 Å². The summed E-state index contributed by atoms with van der Waals surface area (Å²) in [5.41, 5.74) is 1.14. The van der Waals surface area contributed by atoms with Gasteiger partial charge >= 0.3 is 11.9 Å².